The van der Waals surface area contributed by atoms with Crippen molar-refractivity contribution in [3.63, 3.8) is 0 Å². The average Bonchev–Trinajstić information content (AvgIpc) is 1.92. The van der Waals surface area contributed by atoms with Crippen molar-refractivity contribution in [3.8, 4) is 0 Å². The fourth-order valence-electron chi connectivity index (χ4n) is 1.07. The number of rotatable bonds is 5. The van der Waals surface area contributed by atoms with Crippen LogP contribution in [0.5, 0.6) is 0 Å². The number of nitrogens with one attached hydrogen (secondary N) is 1. The van der Waals surface area contributed by atoms with E-state index in [0.29, 0.717) is 4.75 Å². The van der Waals surface area contributed by atoms with Gasteiger partial charge in [-0.05, 0) is 45.9 Å². The molecule has 0 spiro atoms. The third kappa shape index (κ3) is 12.3. The predicted octanol–water partition coefficient (Wildman–Crippen LogP) is 3.69. The molecule has 0 aliphatic carbocycles. The van der Waals surface area contributed by atoms with E-state index in [0.717, 1.165) is 6.54 Å². The van der Waals surface area contributed by atoms with E-state index in [1.165, 1.54) is 18.6 Å². The molecule has 1 N–H and O–H groups in total. The summed E-state index contributed by atoms with van der Waals surface area (Å²) in [5.41, 5.74) is 0.275. The molecule has 14 heavy (non-hydrogen) atoms. The quantitative estimate of drug-likeness (QED) is 0.705. The van der Waals surface area contributed by atoms with Gasteiger partial charge in [0.15, 0.2) is 0 Å². The smallest absolute Gasteiger partial charge is 0.00965 e. The van der Waals surface area contributed by atoms with E-state index in [2.05, 4.69) is 58.6 Å². The van der Waals surface area contributed by atoms with E-state index in [-0.39, 0.29) is 5.54 Å². The van der Waals surface area contributed by atoms with Crippen LogP contribution >= 0.6 is 11.8 Å². The third-order valence-corrected chi connectivity index (χ3v) is 3.12. The second-order valence-corrected chi connectivity index (χ2v) is 7.77. The Bertz CT molecular complexity index is 123. The maximum Gasteiger partial charge on any atom is 0.00965 e. The van der Waals surface area contributed by atoms with Gasteiger partial charge in [0.25, 0.3) is 0 Å². The molecule has 0 atom stereocenters. The Balaban J connectivity index is 3.23. The molecule has 0 aromatic carbocycles. The molecular formula is C12H27NS. The van der Waals surface area contributed by atoms with Crippen LogP contribution in [0.1, 0.15) is 54.4 Å². The fourth-order valence-corrected chi connectivity index (χ4v) is 2.03. The van der Waals surface area contributed by atoms with Crippen molar-refractivity contribution in [3.05, 3.63) is 0 Å². The van der Waals surface area contributed by atoms with Gasteiger partial charge in [0.2, 0.25) is 0 Å². The number of hydrogen-bond donors (Lipinski definition) is 1. The largest absolute Gasteiger partial charge is 0.312 e. The Hall–Kier alpha value is 0.310. The van der Waals surface area contributed by atoms with Crippen LogP contribution < -0.4 is 5.32 Å². The molecule has 1 nitrogen and oxygen atoms in total. The molecule has 0 fully saturated rings. The van der Waals surface area contributed by atoms with E-state index < -0.39 is 0 Å². The van der Waals surface area contributed by atoms with E-state index in [9.17, 15) is 0 Å². The maximum atomic E-state index is 3.51. The van der Waals surface area contributed by atoms with Crippen molar-refractivity contribution in [1.82, 2.24) is 5.32 Å². The number of thioether (sulfide) groups is 1. The van der Waals surface area contributed by atoms with Crippen LogP contribution in [0.4, 0.5) is 0 Å². The molecule has 0 radical (unpaired) electrons. The summed E-state index contributed by atoms with van der Waals surface area (Å²) in [7, 11) is 0. The van der Waals surface area contributed by atoms with Gasteiger partial charge in [0, 0.05) is 10.3 Å². The zero-order valence-electron chi connectivity index (χ0n) is 10.7. The number of hydrogen-bond acceptors (Lipinski definition) is 2. The average molecular weight is 217 g/mol. The van der Waals surface area contributed by atoms with Gasteiger partial charge in [-0.1, -0.05) is 20.8 Å². The highest BCUT2D eigenvalue weighted by molar-refractivity contribution is 8.00. The van der Waals surface area contributed by atoms with Crippen LogP contribution in [0.3, 0.4) is 0 Å². The summed E-state index contributed by atoms with van der Waals surface area (Å²) in [6.45, 7) is 14.7. The van der Waals surface area contributed by atoms with Gasteiger partial charge in [-0.2, -0.15) is 11.8 Å². The highest BCUT2D eigenvalue weighted by Crippen LogP contribution is 2.23. The molecule has 0 heterocycles. The van der Waals surface area contributed by atoms with Crippen LogP contribution in [-0.4, -0.2) is 22.6 Å². The summed E-state index contributed by atoms with van der Waals surface area (Å²) in [5.74, 6) is 1.29. The first kappa shape index (κ1) is 14.3. The van der Waals surface area contributed by atoms with Crippen molar-refractivity contribution in [2.45, 2.75) is 64.7 Å². The lowest BCUT2D eigenvalue weighted by Crippen LogP contribution is -2.36. The molecule has 0 rings (SSSR count). The van der Waals surface area contributed by atoms with E-state index in [4.69, 9.17) is 0 Å². The topological polar surface area (TPSA) is 12.0 Å². The SMILES string of the molecule is CC(C)(C)NCCCCSC(C)(C)C. The highest BCUT2D eigenvalue weighted by atomic mass is 32.2. The molecule has 0 unspecified atom stereocenters. The van der Waals surface area contributed by atoms with E-state index in [1.807, 2.05) is 0 Å². The Morgan fingerprint density at radius 3 is 1.93 bits per heavy atom. The normalized spacial score (nSPS) is 13.3. The fraction of sp³-hybridized carbons (Fsp3) is 1.00. The number of unbranched alkanes of at least 4 members (excludes halogenated alkanes) is 1. The highest BCUT2D eigenvalue weighted by Gasteiger charge is 2.10. The maximum absolute atomic E-state index is 3.51. The van der Waals surface area contributed by atoms with Crippen LogP contribution in [0.2, 0.25) is 0 Å². The first-order chi connectivity index (χ1) is 6.21. The zero-order chi connectivity index (χ0) is 11.2. The summed E-state index contributed by atoms with van der Waals surface area (Å²) < 4.78 is 0.428. The molecule has 0 amide bonds. The molecule has 2 heteroatoms. The first-order valence-electron chi connectivity index (χ1n) is 5.60. The standard InChI is InChI=1S/C12H27NS/c1-11(2,3)13-9-7-8-10-14-12(4,5)6/h13H,7-10H2,1-6H3. The minimum absolute atomic E-state index is 0.275. The summed E-state index contributed by atoms with van der Waals surface area (Å²) in [6, 6.07) is 0. The van der Waals surface area contributed by atoms with Gasteiger partial charge in [0.05, 0.1) is 0 Å². The first-order valence-corrected chi connectivity index (χ1v) is 6.58. The minimum Gasteiger partial charge on any atom is -0.312 e. The van der Waals surface area contributed by atoms with Crippen LogP contribution in [0, 0.1) is 0 Å². The molecule has 0 saturated heterocycles. The van der Waals surface area contributed by atoms with Gasteiger partial charge >= 0.3 is 0 Å². The lowest BCUT2D eigenvalue weighted by atomic mass is 10.1. The molecule has 86 valence electrons. The molecular weight excluding hydrogens is 190 g/mol. The molecule has 0 aliphatic rings. The Labute approximate surface area is 94.4 Å². The molecule has 0 aliphatic heterocycles. The Morgan fingerprint density at radius 1 is 0.929 bits per heavy atom. The van der Waals surface area contributed by atoms with Crippen LogP contribution in [0.15, 0.2) is 0 Å². The zero-order valence-corrected chi connectivity index (χ0v) is 11.6. The van der Waals surface area contributed by atoms with E-state index in [1.54, 1.807) is 0 Å². The van der Waals surface area contributed by atoms with Gasteiger partial charge < -0.3 is 5.32 Å². The van der Waals surface area contributed by atoms with Gasteiger partial charge in [-0.25, -0.2) is 0 Å². The van der Waals surface area contributed by atoms with Gasteiger partial charge in [-0.3, -0.25) is 0 Å². The summed E-state index contributed by atoms with van der Waals surface area (Å²) in [6.07, 6.45) is 2.62. The molecule has 0 saturated carbocycles. The summed E-state index contributed by atoms with van der Waals surface area (Å²) in [5, 5.41) is 3.51. The molecule has 0 aromatic rings. The van der Waals surface area contributed by atoms with Crippen LogP contribution in [-0.2, 0) is 0 Å². The summed E-state index contributed by atoms with van der Waals surface area (Å²) >= 11 is 2.06. The van der Waals surface area contributed by atoms with E-state index >= 15 is 0 Å². The second kappa shape index (κ2) is 6.02. The van der Waals surface area contributed by atoms with Crippen molar-refractivity contribution >= 4 is 11.8 Å². The third-order valence-electron chi connectivity index (χ3n) is 1.76. The van der Waals surface area contributed by atoms with Crippen molar-refractivity contribution in [1.29, 1.82) is 0 Å². The Kier molecular flexibility index (Phi) is 6.15. The molecule has 0 aromatic heterocycles. The summed E-state index contributed by atoms with van der Waals surface area (Å²) in [4.78, 5) is 0. The van der Waals surface area contributed by atoms with Crippen LogP contribution in [0.25, 0.3) is 0 Å². The lowest BCUT2D eigenvalue weighted by molar-refractivity contribution is 0.421. The lowest BCUT2D eigenvalue weighted by Gasteiger charge is -2.21. The Morgan fingerprint density at radius 2 is 1.50 bits per heavy atom. The second-order valence-electron chi connectivity index (χ2n) is 5.84. The van der Waals surface area contributed by atoms with Gasteiger partial charge in [-0.15, -0.1) is 0 Å². The van der Waals surface area contributed by atoms with Crippen molar-refractivity contribution in [2.75, 3.05) is 12.3 Å². The predicted molar refractivity (Wildman–Crippen MR) is 69.2 cm³/mol. The van der Waals surface area contributed by atoms with Crippen molar-refractivity contribution in [2.24, 2.45) is 0 Å². The molecule has 0 bridgehead atoms. The van der Waals surface area contributed by atoms with Gasteiger partial charge in [0.1, 0.15) is 0 Å². The monoisotopic (exact) mass is 217 g/mol. The van der Waals surface area contributed by atoms with Crippen molar-refractivity contribution < 1.29 is 0 Å². The minimum atomic E-state index is 0.275.